The highest BCUT2D eigenvalue weighted by molar-refractivity contribution is 5.93. The summed E-state index contributed by atoms with van der Waals surface area (Å²) in [7, 11) is 0. The Hall–Kier alpha value is -3.21. The maximum absolute atomic E-state index is 11.4. The summed E-state index contributed by atoms with van der Waals surface area (Å²) in [4.78, 5) is 19.9. The molecule has 3 rings (SSSR count). The highest BCUT2D eigenvalue weighted by atomic mass is 16.4. The van der Waals surface area contributed by atoms with Crippen LogP contribution in [0.15, 0.2) is 66.9 Å². The van der Waals surface area contributed by atoms with Crippen molar-refractivity contribution in [1.29, 1.82) is 0 Å². The lowest BCUT2D eigenvalue weighted by Gasteiger charge is -2.10. The molecular formula is C18H15N3O2. The Kier molecular flexibility index (Phi) is 4.29. The number of benzene rings is 2. The van der Waals surface area contributed by atoms with Gasteiger partial charge in [-0.25, -0.2) is 14.8 Å². The van der Waals surface area contributed by atoms with Crippen molar-refractivity contribution in [3.63, 3.8) is 0 Å². The van der Waals surface area contributed by atoms with Crippen LogP contribution in [0.5, 0.6) is 0 Å². The first-order chi connectivity index (χ1) is 11.2. The monoisotopic (exact) mass is 305 g/mol. The Morgan fingerprint density at radius 1 is 1.00 bits per heavy atom. The van der Waals surface area contributed by atoms with Crippen LogP contribution in [0.25, 0.3) is 0 Å². The van der Waals surface area contributed by atoms with Crippen LogP contribution in [0.1, 0.15) is 21.7 Å². The average Bonchev–Trinajstić information content (AvgIpc) is 2.57. The fraction of sp³-hybridized carbons (Fsp3) is 0.0556. The first-order valence-corrected chi connectivity index (χ1v) is 7.17. The van der Waals surface area contributed by atoms with Crippen molar-refractivity contribution in [1.82, 2.24) is 9.97 Å². The Balaban J connectivity index is 1.91. The van der Waals surface area contributed by atoms with Gasteiger partial charge in [-0.3, -0.25) is 0 Å². The molecule has 114 valence electrons. The van der Waals surface area contributed by atoms with Crippen LogP contribution in [0, 0.1) is 0 Å². The van der Waals surface area contributed by atoms with Gasteiger partial charge in [-0.15, -0.1) is 0 Å². The molecule has 2 aromatic carbocycles. The minimum absolute atomic E-state index is 0.0469. The summed E-state index contributed by atoms with van der Waals surface area (Å²) < 4.78 is 0. The van der Waals surface area contributed by atoms with E-state index < -0.39 is 5.97 Å². The lowest BCUT2D eigenvalue weighted by Crippen LogP contribution is -2.09. The molecule has 0 unspecified atom stereocenters. The highest BCUT2D eigenvalue weighted by Crippen LogP contribution is 2.19. The van der Waals surface area contributed by atoms with Crippen LogP contribution in [0.2, 0.25) is 0 Å². The van der Waals surface area contributed by atoms with E-state index in [0.29, 0.717) is 18.1 Å². The summed E-state index contributed by atoms with van der Waals surface area (Å²) in [6.07, 6.45) is 1.89. The predicted molar refractivity (Wildman–Crippen MR) is 88.0 cm³/mol. The fourth-order valence-electron chi connectivity index (χ4n) is 2.19. The van der Waals surface area contributed by atoms with E-state index in [-0.39, 0.29) is 5.56 Å². The second-order valence-corrected chi connectivity index (χ2v) is 5.01. The number of para-hydroxylation sites is 1. The SMILES string of the molecule is O=C(O)c1cnc(Cc2ccccc2)nc1Nc1ccccc1. The lowest BCUT2D eigenvalue weighted by molar-refractivity contribution is 0.0697. The summed E-state index contributed by atoms with van der Waals surface area (Å²) in [5.74, 6) is -0.195. The number of carboxylic acid groups (broad SMARTS) is 1. The van der Waals surface area contributed by atoms with Gasteiger partial charge >= 0.3 is 5.97 Å². The molecule has 0 spiro atoms. The maximum Gasteiger partial charge on any atom is 0.341 e. The van der Waals surface area contributed by atoms with Crippen LogP contribution in [-0.4, -0.2) is 21.0 Å². The highest BCUT2D eigenvalue weighted by Gasteiger charge is 2.14. The molecular weight excluding hydrogens is 290 g/mol. The molecule has 3 aromatic rings. The molecule has 1 aromatic heterocycles. The third-order valence-corrected chi connectivity index (χ3v) is 3.31. The molecule has 23 heavy (non-hydrogen) atoms. The van der Waals surface area contributed by atoms with Crippen LogP contribution in [0.4, 0.5) is 11.5 Å². The predicted octanol–water partition coefficient (Wildman–Crippen LogP) is 3.51. The topological polar surface area (TPSA) is 75.1 Å². The van der Waals surface area contributed by atoms with E-state index in [0.717, 1.165) is 11.3 Å². The van der Waals surface area contributed by atoms with E-state index in [4.69, 9.17) is 0 Å². The molecule has 0 fully saturated rings. The van der Waals surface area contributed by atoms with Crippen molar-refractivity contribution in [2.75, 3.05) is 5.32 Å². The van der Waals surface area contributed by atoms with Crippen molar-refractivity contribution in [3.05, 3.63) is 83.8 Å². The van der Waals surface area contributed by atoms with Crippen LogP contribution in [0.3, 0.4) is 0 Å². The molecule has 1 heterocycles. The Labute approximate surface area is 133 Å². The lowest BCUT2D eigenvalue weighted by atomic mass is 10.1. The van der Waals surface area contributed by atoms with E-state index in [1.165, 1.54) is 6.20 Å². The number of hydrogen-bond donors (Lipinski definition) is 2. The number of hydrogen-bond acceptors (Lipinski definition) is 4. The Morgan fingerprint density at radius 3 is 2.30 bits per heavy atom. The smallest absolute Gasteiger partial charge is 0.341 e. The molecule has 0 aliphatic heterocycles. The van der Waals surface area contributed by atoms with Gasteiger partial charge in [-0.05, 0) is 17.7 Å². The number of nitrogens with one attached hydrogen (secondary N) is 1. The zero-order valence-electron chi connectivity index (χ0n) is 12.3. The van der Waals surface area contributed by atoms with E-state index in [9.17, 15) is 9.90 Å². The molecule has 5 nitrogen and oxygen atoms in total. The molecule has 0 bridgehead atoms. The third kappa shape index (κ3) is 3.71. The minimum atomic E-state index is -1.06. The number of carbonyl (C=O) groups is 1. The summed E-state index contributed by atoms with van der Waals surface area (Å²) >= 11 is 0. The van der Waals surface area contributed by atoms with Crippen molar-refractivity contribution >= 4 is 17.5 Å². The minimum Gasteiger partial charge on any atom is -0.477 e. The number of anilines is 2. The zero-order chi connectivity index (χ0) is 16.1. The second-order valence-electron chi connectivity index (χ2n) is 5.01. The fourth-order valence-corrected chi connectivity index (χ4v) is 2.19. The van der Waals surface area contributed by atoms with Gasteiger partial charge in [0.1, 0.15) is 17.2 Å². The van der Waals surface area contributed by atoms with Gasteiger partial charge in [0.05, 0.1) is 0 Å². The van der Waals surface area contributed by atoms with Gasteiger partial charge < -0.3 is 10.4 Å². The molecule has 0 amide bonds. The number of carboxylic acids is 1. The second kappa shape index (κ2) is 6.70. The van der Waals surface area contributed by atoms with E-state index >= 15 is 0 Å². The zero-order valence-corrected chi connectivity index (χ0v) is 12.3. The first kappa shape index (κ1) is 14.7. The van der Waals surface area contributed by atoms with E-state index in [1.54, 1.807) is 0 Å². The molecule has 0 saturated carbocycles. The first-order valence-electron chi connectivity index (χ1n) is 7.17. The number of rotatable bonds is 5. The van der Waals surface area contributed by atoms with E-state index in [1.807, 2.05) is 60.7 Å². The van der Waals surface area contributed by atoms with Gasteiger partial charge in [-0.1, -0.05) is 48.5 Å². The largest absolute Gasteiger partial charge is 0.477 e. The van der Waals surface area contributed by atoms with Crippen LogP contribution in [-0.2, 0) is 6.42 Å². The summed E-state index contributed by atoms with van der Waals surface area (Å²) in [5, 5.41) is 12.4. The van der Waals surface area contributed by atoms with Crippen molar-refractivity contribution < 1.29 is 9.90 Å². The molecule has 0 aliphatic carbocycles. The van der Waals surface area contributed by atoms with Crippen molar-refractivity contribution in [2.45, 2.75) is 6.42 Å². The summed E-state index contributed by atoms with van der Waals surface area (Å²) in [5.41, 5.74) is 1.89. The van der Waals surface area contributed by atoms with Gasteiger partial charge in [0, 0.05) is 18.3 Å². The molecule has 2 N–H and O–H groups in total. The number of aromatic carboxylic acids is 1. The van der Waals surface area contributed by atoms with Gasteiger partial charge in [0.2, 0.25) is 0 Å². The number of nitrogens with zero attached hydrogens (tertiary/aromatic N) is 2. The van der Waals surface area contributed by atoms with Gasteiger partial charge in [0.15, 0.2) is 0 Å². The van der Waals surface area contributed by atoms with Crippen molar-refractivity contribution in [2.24, 2.45) is 0 Å². The standard InChI is InChI=1S/C18H15N3O2/c22-18(23)15-12-19-16(11-13-7-3-1-4-8-13)21-17(15)20-14-9-5-2-6-10-14/h1-10,12H,11H2,(H,22,23)(H,19,20,21). The average molecular weight is 305 g/mol. The normalized spacial score (nSPS) is 10.3. The summed E-state index contributed by atoms with van der Waals surface area (Å²) in [6.45, 7) is 0. The molecule has 5 heteroatoms. The molecule has 0 atom stereocenters. The maximum atomic E-state index is 11.4. The van der Waals surface area contributed by atoms with Gasteiger partial charge in [-0.2, -0.15) is 0 Å². The molecule has 0 radical (unpaired) electrons. The third-order valence-electron chi connectivity index (χ3n) is 3.31. The van der Waals surface area contributed by atoms with Crippen molar-refractivity contribution in [3.8, 4) is 0 Å². The Bertz CT molecular complexity index is 805. The van der Waals surface area contributed by atoms with Crippen LogP contribution < -0.4 is 5.32 Å². The quantitative estimate of drug-likeness (QED) is 0.754. The van der Waals surface area contributed by atoms with Crippen LogP contribution >= 0.6 is 0 Å². The molecule has 0 aliphatic rings. The van der Waals surface area contributed by atoms with Gasteiger partial charge in [0.25, 0.3) is 0 Å². The Morgan fingerprint density at radius 2 is 1.65 bits per heavy atom. The summed E-state index contributed by atoms with van der Waals surface area (Å²) in [6, 6.07) is 19.1. The van der Waals surface area contributed by atoms with E-state index in [2.05, 4.69) is 15.3 Å². The number of aromatic nitrogens is 2. The molecule has 0 saturated heterocycles.